The number of fused-ring (bicyclic) bond motifs is 1. The van der Waals surface area contributed by atoms with E-state index in [1.54, 1.807) is 38.0 Å². The second-order valence-corrected chi connectivity index (χ2v) is 5.60. The third-order valence-corrected chi connectivity index (χ3v) is 3.97. The Kier molecular flexibility index (Phi) is 4.74. The summed E-state index contributed by atoms with van der Waals surface area (Å²) in [4.78, 5) is 24.3. The number of benzene rings is 1. The van der Waals surface area contributed by atoms with Crippen molar-refractivity contribution in [1.82, 2.24) is 20.1 Å². The van der Waals surface area contributed by atoms with Gasteiger partial charge in [0.05, 0.1) is 13.0 Å². The first kappa shape index (κ1) is 16.0. The second-order valence-electron chi connectivity index (χ2n) is 5.60. The molecule has 2 N–H and O–H groups in total. The monoisotopic (exact) mass is 329 g/mol. The first-order valence-electron chi connectivity index (χ1n) is 7.75. The summed E-state index contributed by atoms with van der Waals surface area (Å²) >= 11 is 0. The molecule has 8 nitrogen and oxygen atoms in total. The fraction of sp³-hybridized carbons (Fsp3) is 0.375. The third-order valence-electron chi connectivity index (χ3n) is 3.97. The highest BCUT2D eigenvalue weighted by Crippen LogP contribution is 2.34. The molecule has 1 aromatic carbocycles. The van der Waals surface area contributed by atoms with Crippen LogP contribution in [0.2, 0.25) is 0 Å². The van der Waals surface area contributed by atoms with Gasteiger partial charge in [-0.05, 0) is 30.2 Å². The van der Waals surface area contributed by atoms with Crippen molar-refractivity contribution in [3.8, 4) is 5.75 Å². The number of nitrogens with zero attached hydrogens (tertiary/aromatic N) is 3. The number of carbonyl (C=O) groups is 2. The first-order chi connectivity index (χ1) is 11.7. The van der Waals surface area contributed by atoms with Gasteiger partial charge in [0.25, 0.3) is 0 Å². The molecule has 2 aromatic rings. The molecule has 8 heteroatoms. The Labute approximate surface area is 139 Å². The molecule has 0 aliphatic carbocycles. The van der Waals surface area contributed by atoms with E-state index < -0.39 is 5.92 Å². The van der Waals surface area contributed by atoms with Crippen LogP contribution in [0.5, 0.6) is 5.75 Å². The number of anilines is 1. The molecule has 0 spiro atoms. The van der Waals surface area contributed by atoms with Gasteiger partial charge >= 0.3 is 0 Å². The lowest BCUT2D eigenvalue weighted by atomic mass is 9.89. The van der Waals surface area contributed by atoms with Crippen molar-refractivity contribution >= 4 is 17.5 Å². The summed E-state index contributed by atoms with van der Waals surface area (Å²) in [7, 11) is 1.57. The number of ether oxygens (including phenoxy) is 1. The van der Waals surface area contributed by atoms with E-state index in [1.807, 2.05) is 4.57 Å². The molecule has 24 heavy (non-hydrogen) atoms. The van der Waals surface area contributed by atoms with E-state index in [9.17, 15) is 9.59 Å². The summed E-state index contributed by atoms with van der Waals surface area (Å²) in [6.45, 7) is 1.25. The van der Waals surface area contributed by atoms with Crippen LogP contribution in [0.15, 0.2) is 30.9 Å². The number of rotatable bonds is 6. The van der Waals surface area contributed by atoms with Crippen LogP contribution in [0.3, 0.4) is 0 Å². The van der Waals surface area contributed by atoms with Gasteiger partial charge in [0.1, 0.15) is 18.4 Å². The van der Waals surface area contributed by atoms with Gasteiger partial charge in [-0.1, -0.05) is 0 Å². The summed E-state index contributed by atoms with van der Waals surface area (Å²) in [5.74, 6) is -0.144. The quantitative estimate of drug-likeness (QED) is 0.768. The minimum atomic E-state index is -0.501. The molecule has 1 aliphatic rings. The van der Waals surface area contributed by atoms with Crippen LogP contribution in [0.25, 0.3) is 0 Å². The van der Waals surface area contributed by atoms with Crippen LogP contribution in [0.4, 0.5) is 5.69 Å². The summed E-state index contributed by atoms with van der Waals surface area (Å²) in [6, 6.07) is 5.33. The highest BCUT2D eigenvalue weighted by atomic mass is 16.5. The third kappa shape index (κ3) is 3.53. The number of hydrogen-bond donors (Lipinski definition) is 2. The molecule has 0 saturated carbocycles. The fourth-order valence-electron chi connectivity index (χ4n) is 2.73. The lowest BCUT2D eigenvalue weighted by Gasteiger charge is -2.25. The maximum Gasteiger partial charge on any atom is 0.228 e. The number of nitrogens with one attached hydrogen (secondary N) is 2. The normalized spacial score (nSPS) is 16.2. The van der Waals surface area contributed by atoms with Gasteiger partial charge in [0.2, 0.25) is 11.8 Å². The van der Waals surface area contributed by atoms with E-state index in [0.29, 0.717) is 18.0 Å². The minimum absolute atomic E-state index is 0.136. The van der Waals surface area contributed by atoms with E-state index >= 15 is 0 Å². The van der Waals surface area contributed by atoms with E-state index in [1.165, 1.54) is 0 Å². The lowest BCUT2D eigenvalue weighted by Crippen LogP contribution is -2.35. The van der Waals surface area contributed by atoms with E-state index in [4.69, 9.17) is 4.74 Å². The smallest absolute Gasteiger partial charge is 0.228 e. The summed E-state index contributed by atoms with van der Waals surface area (Å²) in [5, 5.41) is 13.1. The topological polar surface area (TPSA) is 98.1 Å². The van der Waals surface area contributed by atoms with Crippen LogP contribution in [0, 0.1) is 0 Å². The fourth-order valence-corrected chi connectivity index (χ4v) is 2.73. The van der Waals surface area contributed by atoms with Gasteiger partial charge < -0.3 is 19.9 Å². The summed E-state index contributed by atoms with van der Waals surface area (Å²) in [5.41, 5.74) is 1.45. The highest BCUT2D eigenvalue weighted by molar-refractivity contribution is 6.01. The molecule has 2 heterocycles. The Morgan fingerprint density at radius 2 is 2.21 bits per heavy atom. The van der Waals surface area contributed by atoms with E-state index in [0.717, 1.165) is 18.5 Å². The predicted octanol–water partition coefficient (Wildman–Crippen LogP) is 0.919. The minimum Gasteiger partial charge on any atom is -0.497 e. The van der Waals surface area contributed by atoms with Crippen molar-refractivity contribution in [2.24, 2.45) is 0 Å². The van der Waals surface area contributed by atoms with Gasteiger partial charge in [-0.15, -0.1) is 10.2 Å². The van der Waals surface area contributed by atoms with Crippen LogP contribution in [-0.2, 0) is 16.1 Å². The van der Waals surface area contributed by atoms with E-state index in [2.05, 4.69) is 20.8 Å². The van der Waals surface area contributed by atoms with Crippen molar-refractivity contribution in [2.75, 3.05) is 19.0 Å². The Morgan fingerprint density at radius 1 is 1.42 bits per heavy atom. The molecule has 0 bridgehead atoms. The zero-order valence-corrected chi connectivity index (χ0v) is 13.4. The van der Waals surface area contributed by atoms with Gasteiger partial charge in [0, 0.05) is 25.2 Å². The van der Waals surface area contributed by atoms with E-state index in [-0.39, 0.29) is 18.2 Å². The molecule has 0 unspecified atom stereocenters. The van der Waals surface area contributed by atoms with Crippen molar-refractivity contribution < 1.29 is 14.3 Å². The summed E-state index contributed by atoms with van der Waals surface area (Å²) in [6.07, 6.45) is 4.16. The van der Waals surface area contributed by atoms with Gasteiger partial charge in [-0.2, -0.15) is 0 Å². The number of aromatic nitrogens is 3. The van der Waals surface area contributed by atoms with Gasteiger partial charge in [-0.25, -0.2) is 0 Å². The second kappa shape index (κ2) is 7.12. The molecule has 0 radical (unpaired) electrons. The zero-order chi connectivity index (χ0) is 16.9. The number of aryl methyl sites for hydroxylation is 1. The molecule has 1 atom stereocenters. The molecule has 1 aromatic heterocycles. The number of carbonyl (C=O) groups excluding carboxylic acids is 2. The Hall–Kier alpha value is -2.90. The van der Waals surface area contributed by atoms with Crippen LogP contribution in [-0.4, -0.2) is 40.2 Å². The number of methoxy groups -OCH3 is 1. The molecular formula is C16H19N5O3. The molecule has 0 saturated heterocycles. The molecular weight excluding hydrogens is 310 g/mol. The molecule has 3 rings (SSSR count). The largest absolute Gasteiger partial charge is 0.497 e. The van der Waals surface area contributed by atoms with Crippen molar-refractivity contribution in [3.05, 3.63) is 36.4 Å². The average molecular weight is 329 g/mol. The average Bonchev–Trinajstić information content (AvgIpc) is 3.10. The molecule has 1 aliphatic heterocycles. The Balaban J connectivity index is 1.63. The first-order valence-corrected chi connectivity index (χ1v) is 7.75. The summed E-state index contributed by atoms with van der Waals surface area (Å²) < 4.78 is 7.06. The molecule has 2 amide bonds. The zero-order valence-electron chi connectivity index (χ0n) is 13.4. The Bertz CT molecular complexity index is 729. The van der Waals surface area contributed by atoms with Gasteiger partial charge in [0.15, 0.2) is 0 Å². The predicted molar refractivity (Wildman–Crippen MR) is 86.6 cm³/mol. The SMILES string of the molecule is COc1ccc2c(c1)[C@@H](C(=O)NCCCn1cnnc1)CC(=O)N2. The van der Waals surface area contributed by atoms with Crippen LogP contribution in [0.1, 0.15) is 24.3 Å². The number of amides is 2. The standard InChI is InChI=1S/C16H19N5O3/c1-24-11-3-4-14-12(7-11)13(8-15(22)20-14)16(23)17-5-2-6-21-9-18-19-10-21/h3-4,7,9-10,13H,2,5-6,8H2,1H3,(H,17,23)(H,20,22)/t13-/m0/s1. The lowest BCUT2D eigenvalue weighted by molar-refractivity contribution is -0.126. The van der Waals surface area contributed by atoms with Crippen LogP contribution >= 0.6 is 0 Å². The van der Waals surface area contributed by atoms with Crippen LogP contribution < -0.4 is 15.4 Å². The maximum absolute atomic E-state index is 12.5. The maximum atomic E-state index is 12.5. The van der Waals surface area contributed by atoms with Gasteiger partial charge in [-0.3, -0.25) is 9.59 Å². The van der Waals surface area contributed by atoms with Crippen molar-refractivity contribution in [1.29, 1.82) is 0 Å². The number of hydrogen-bond acceptors (Lipinski definition) is 5. The molecule has 0 fully saturated rings. The Morgan fingerprint density at radius 3 is 2.96 bits per heavy atom. The van der Waals surface area contributed by atoms with Crippen molar-refractivity contribution in [2.45, 2.75) is 25.3 Å². The molecule has 126 valence electrons. The highest BCUT2D eigenvalue weighted by Gasteiger charge is 2.30. The van der Waals surface area contributed by atoms with Crippen molar-refractivity contribution in [3.63, 3.8) is 0 Å².